The summed E-state index contributed by atoms with van der Waals surface area (Å²) >= 11 is 5.89. The van der Waals surface area contributed by atoms with Crippen LogP contribution >= 0.6 is 11.6 Å². The number of nitrogens with two attached hydrogens (primary N) is 2. The van der Waals surface area contributed by atoms with Gasteiger partial charge in [0.25, 0.3) is 5.91 Å². The second kappa shape index (κ2) is 9.84. The van der Waals surface area contributed by atoms with Gasteiger partial charge in [0.05, 0.1) is 34.3 Å². The van der Waals surface area contributed by atoms with Crippen LogP contribution in [0.5, 0.6) is 0 Å². The number of allylic oxidation sites excluding steroid dienone is 1. The van der Waals surface area contributed by atoms with Gasteiger partial charge >= 0.3 is 0 Å². The minimum Gasteiger partial charge on any atom is -0.370 e. The van der Waals surface area contributed by atoms with Crippen LogP contribution in [0.1, 0.15) is 12.8 Å². The van der Waals surface area contributed by atoms with Crippen LogP contribution in [0.25, 0.3) is 0 Å². The maximum atomic E-state index is 13.1. The van der Waals surface area contributed by atoms with E-state index in [0.717, 1.165) is 31.6 Å². The number of likely N-dealkylation sites (N-methyl/N-ethyl adjacent to an activating group) is 1. The Kier molecular flexibility index (Phi) is 7.21. The highest BCUT2D eigenvalue weighted by Gasteiger charge is 2.25. The third-order valence-corrected chi connectivity index (χ3v) is 5.33. The molecule has 1 atom stereocenters. The molecule has 1 amide bonds. The molecule has 3 rings (SSSR count). The number of anilines is 2. The molecule has 9 nitrogen and oxygen atoms in total. The van der Waals surface area contributed by atoms with E-state index in [0.29, 0.717) is 29.0 Å². The summed E-state index contributed by atoms with van der Waals surface area (Å²) in [4.78, 5) is 23.7. The largest absolute Gasteiger partial charge is 0.370 e. The molecule has 0 aliphatic carbocycles. The molecule has 1 fully saturated rings. The first kappa shape index (κ1) is 21.3. The predicted octanol–water partition coefficient (Wildman–Crippen LogP) is 0.665. The second-order valence-corrected chi connectivity index (χ2v) is 7.41. The van der Waals surface area contributed by atoms with Gasteiger partial charge in [-0.3, -0.25) is 9.78 Å². The number of carbonyl (C=O) groups is 1. The molecule has 7 N–H and O–H groups in total. The molecule has 0 spiro atoms. The first-order chi connectivity index (χ1) is 14.0. The Labute approximate surface area is 175 Å². The fourth-order valence-electron chi connectivity index (χ4n) is 3.38. The van der Waals surface area contributed by atoms with Crippen LogP contribution in [0.15, 0.2) is 46.1 Å². The minimum atomic E-state index is -0.722. The van der Waals surface area contributed by atoms with Crippen LogP contribution in [-0.4, -0.2) is 50.0 Å². The molecule has 0 radical (unpaired) electrons. The van der Waals surface area contributed by atoms with Gasteiger partial charge < -0.3 is 32.3 Å². The second-order valence-electron chi connectivity index (χ2n) is 6.97. The highest BCUT2D eigenvalue weighted by atomic mass is 35.5. The zero-order valence-corrected chi connectivity index (χ0v) is 17.1. The van der Waals surface area contributed by atoms with Crippen LogP contribution < -0.4 is 32.3 Å². The van der Waals surface area contributed by atoms with Crippen molar-refractivity contribution in [3.63, 3.8) is 0 Å². The van der Waals surface area contributed by atoms with E-state index >= 15 is 0 Å². The molecule has 1 aromatic rings. The number of amides is 1. The van der Waals surface area contributed by atoms with E-state index < -0.39 is 6.17 Å². The van der Waals surface area contributed by atoms with E-state index in [2.05, 4.69) is 30.8 Å². The fraction of sp³-hybridized carbons (Fsp3) is 0.421. The molecule has 0 saturated carbocycles. The monoisotopic (exact) mass is 418 g/mol. The van der Waals surface area contributed by atoms with Gasteiger partial charge in [0.15, 0.2) is 0 Å². The standard InChI is InChI=1S/C19H27ClN8O/c1-23-17(22)16(18-25-9-13(20)10-26-18)19(29)27-14-11-24-5-2-15(14)28-6-3-12(8-21)4-7-28/h2,5,9-12,17,23,25H,3-4,6-8,21-22H2,1H3,(H,27,29)/b18-16-. The average molecular weight is 419 g/mol. The smallest absolute Gasteiger partial charge is 0.258 e. The summed E-state index contributed by atoms with van der Waals surface area (Å²) in [5, 5.41) is 9.17. The molecule has 29 heavy (non-hydrogen) atoms. The Hall–Kier alpha value is -2.46. The van der Waals surface area contributed by atoms with Gasteiger partial charge in [-0.15, -0.1) is 0 Å². The zero-order valence-electron chi connectivity index (χ0n) is 16.4. The Bertz CT molecular complexity index is 829. The molecule has 2 aliphatic heterocycles. The number of pyridine rings is 1. The van der Waals surface area contributed by atoms with Gasteiger partial charge in [-0.1, -0.05) is 11.6 Å². The third kappa shape index (κ3) is 5.13. The Morgan fingerprint density at radius 3 is 2.83 bits per heavy atom. The molecule has 0 aromatic carbocycles. The summed E-state index contributed by atoms with van der Waals surface area (Å²) < 4.78 is 0. The molecule has 1 aromatic heterocycles. The first-order valence-electron chi connectivity index (χ1n) is 9.57. The number of carbonyl (C=O) groups excluding carboxylic acids is 1. The van der Waals surface area contributed by atoms with E-state index in [1.807, 2.05) is 6.07 Å². The van der Waals surface area contributed by atoms with Crippen molar-refractivity contribution in [1.82, 2.24) is 15.6 Å². The van der Waals surface area contributed by atoms with E-state index in [1.54, 1.807) is 25.6 Å². The average Bonchev–Trinajstić information content (AvgIpc) is 2.75. The number of halogens is 1. The lowest BCUT2D eigenvalue weighted by atomic mass is 9.97. The fourth-order valence-corrected chi connectivity index (χ4v) is 3.49. The number of piperidine rings is 1. The van der Waals surface area contributed by atoms with Crippen molar-refractivity contribution >= 4 is 35.1 Å². The Morgan fingerprint density at radius 1 is 1.45 bits per heavy atom. The number of hydrogen-bond acceptors (Lipinski definition) is 8. The summed E-state index contributed by atoms with van der Waals surface area (Å²) in [7, 11) is 1.67. The number of hydrogen-bond donors (Lipinski definition) is 5. The van der Waals surface area contributed by atoms with E-state index in [-0.39, 0.29) is 11.5 Å². The van der Waals surface area contributed by atoms with Crippen LogP contribution in [0.3, 0.4) is 0 Å². The SMILES string of the molecule is CNC(N)/C(C(=O)Nc1cnccc1N1CCC(CN)CC1)=C1/N=CC(Cl)=CN1. The third-order valence-electron chi connectivity index (χ3n) is 5.12. The maximum absolute atomic E-state index is 13.1. The van der Waals surface area contributed by atoms with Crippen molar-refractivity contribution in [1.29, 1.82) is 0 Å². The molecule has 156 valence electrons. The lowest BCUT2D eigenvalue weighted by Crippen LogP contribution is -2.43. The first-order valence-corrected chi connectivity index (χ1v) is 9.95. The van der Waals surface area contributed by atoms with E-state index in [1.165, 1.54) is 6.21 Å². The number of rotatable bonds is 6. The van der Waals surface area contributed by atoms with Crippen LogP contribution in [-0.2, 0) is 4.79 Å². The van der Waals surface area contributed by atoms with E-state index in [4.69, 9.17) is 23.1 Å². The van der Waals surface area contributed by atoms with Crippen LogP contribution in [0, 0.1) is 5.92 Å². The highest BCUT2D eigenvalue weighted by Crippen LogP contribution is 2.29. The van der Waals surface area contributed by atoms with Crippen LogP contribution in [0.2, 0.25) is 0 Å². The van der Waals surface area contributed by atoms with Gasteiger partial charge in [0, 0.05) is 31.7 Å². The van der Waals surface area contributed by atoms with Crippen molar-refractivity contribution in [3.8, 4) is 0 Å². The van der Waals surface area contributed by atoms with Gasteiger partial charge in [-0.25, -0.2) is 4.99 Å². The molecule has 1 unspecified atom stereocenters. The minimum absolute atomic E-state index is 0.265. The van der Waals surface area contributed by atoms with Gasteiger partial charge in [-0.05, 0) is 38.4 Å². The molecule has 0 bridgehead atoms. The Morgan fingerprint density at radius 2 is 2.21 bits per heavy atom. The van der Waals surface area contributed by atoms with Gasteiger partial charge in [0.2, 0.25) is 0 Å². The molecule has 1 saturated heterocycles. The maximum Gasteiger partial charge on any atom is 0.258 e. The van der Waals surface area contributed by atoms with Gasteiger partial charge in [0.1, 0.15) is 5.82 Å². The lowest BCUT2D eigenvalue weighted by molar-refractivity contribution is -0.113. The summed E-state index contributed by atoms with van der Waals surface area (Å²) in [5.74, 6) is 0.512. The number of nitrogens with zero attached hydrogens (tertiary/aromatic N) is 3. The van der Waals surface area contributed by atoms with Crippen molar-refractivity contribution in [3.05, 3.63) is 41.1 Å². The summed E-state index contributed by atoms with van der Waals surface area (Å²) in [6.45, 7) is 2.47. The predicted molar refractivity (Wildman–Crippen MR) is 116 cm³/mol. The quantitative estimate of drug-likeness (QED) is 0.338. The van der Waals surface area contributed by atoms with Gasteiger partial charge in [-0.2, -0.15) is 0 Å². The normalized spacial score (nSPS) is 20.0. The molecule has 3 heterocycles. The van der Waals surface area contributed by atoms with Crippen molar-refractivity contribution < 1.29 is 4.79 Å². The summed E-state index contributed by atoms with van der Waals surface area (Å²) in [6, 6.07) is 1.91. The molecular formula is C19H27ClN8O. The number of nitrogens with one attached hydrogen (secondary N) is 3. The zero-order chi connectivity index (χ0) is 20.8. The highest BCUT2D eigenvalue weighted by molar-refractivity contribution is 6.39. The summed E-state index contributed by atoms with van der Waals surface area (Å²) in [6.07, 6.45) is 7.70. The molecular weight excluding hydrogens is 392 g/mol. The van der Waals surface area contributed by atoms with Crippen molar-refractivity contribution in [2.24, 2.45) is 22.4 Å². The van der Waals surface area contributed by atoms with Crippen molar-refractivity contribution in [2.45, 2.75) is 19.0 Å². The van der Waals surface area contributed by atoms with Crippen LogP contribution in [0.4, 0.5) is 11.4 Å². The van der Waals surface area contributed by atoms with E-state index in [9.17, 15) is 4.79 Å². The molecule has 2 aliphatic rings. The summed E-state index contributed by atoms with van der Waals surface area (Å²) in [5.41, 5.74) is 13.7. The Balaban J connectivity index is 1.83. The molecule has 10 heteroatoms. The lowest BCUT2D eigenvalue weighted by Gasteiger charge is -2.34. The number of aromatic nitrogens is 1. The topological polar surface area (TPSA) is 134 Å². The van der Waals surface area contributed by atoms with Crippen molar-refractivity contribution in [2.75, 3.05) is 36.9 Å². The number of aliphatic imine (C=N–C) groups is 1.